The molecule has 3 rings (SSSR count). The number of carbonyl (C=O) groups is 1. The van der Waals surface area contributed by atoms with Crippen LogP contribution in [0.4, 0.5) is 0 Å². The third-order valence-corrected chi connectivity index (χ3v) is 4.34. The minimum atomic E-state index is 0.0856. The molecule has 3 aliphatic rings. The van der Waals surface area contributed by atoms with Gasteiger partial charge in [0.25, 0.3) is 0 Å². The molecule has 2 bridgehead atoms. The summed E-state index contributed by atoms with van der Waals surface area (Å²) in [5.74, 6) is 2.33. The Balaban J connectivity index is 2.04. The summed E-state index contributed by atoms with van der Waals surface area (Å²) >= 11 is 0. The molecule has 4 atom stereocenters. The predicted molar refractivity (Wildman–Crippen MR) is 46.6 cm³/mol. The number of carbonyl (C=O) groups excluding carboxylic acids is 1. The molecule has 0 radical (unpaired) electrons. The molecule has 4 unspecified atom stereocenters. The van der Waals surface area contributed by atoms with Crippen LogP contribution in [0, 0.1) is 23.2 Å². The minimum Gasteiger partial charge on any atom is -0.303 e. The van der Waals surface area contributed by atoms with Crippen molar-refractivity contribution < 1.29 is 4.79 Å². The average Bonchev–Trinajstić information content (AvgIpc) is 2.76. The Morgan fingerprint density at radius 1 is 1.50 bits per heavy atom. The van der Waals surface area contributed by atoms with Crippen molar-refractivity contribution in [1.29, 1.82) is 0 Å². The standard InChI is InChI=1S/C11H14O/c12-7-11-5-4-8(6-11)9-2-1-3-10(9)11/h1,3,7-10H,2,4-6H2. The highest BCUT2D eigenvalue weighted by atomic mass is 16.1. The van der Waals surface area contributed by atoms with E-state index >= 15 is 0 Å². The van der Waals surface area contributed by atoms with E-state index < -0.39 is 0 Å². The zero-order valence-corrected chi connectivity index (χ0v) is 7.20. The summed E-state index contributed by atoms with van der Waals surface area (Å²) in [5, 5.41) is 0. The van der Waals surface area contributed by atoms with Gasteiger partial charge in [-0.2, -0.15) is 0 Å². The molecule has 0 aromatic rings. The smallest absolute Gasteiger partial charge is 0.126 e. The Morgan fingerprint density at radius 3 is 3.25 bits per heavy atom. The van der Waals surface area contributed by atoms with Gasteiger partial charge >= 0.3 is 0 Å². The number of aldehydes is 1. The predicted octanol–water partition coefficient (Wildman–Crippen LogP) is 2.18. The molecule has 0 heterocycles. The molecule has 0 aliphatic heterocycles. The molecule has 0 aromatic heterocycles. The van der Waals surface area contributed by atoms with Gasteiger partial charge in [-0.25, -0.2) is 0 Å². The van der Waals surface area contributed by atoms with Crippen LogP contribution in [-0.2, 0) is 4.79 Å². The Hall–Kier alpha value is -0.590. The van der Waals surface area contributed by atoms with Crippen LogP contribution in [0.1, 0.15) is 25.7 Å². The average molecular weight is 162 g/mol. The molecule has 0 spiro atoms. The van der Waals surface area contributed by atoms with E-state index in [9.17, 15) is 4.79 Å². The van der Waals surface area contributed by atoms with Crippen LogP contribution in [0.15, 0.2) is 12.2 Å². The molecule has 0 aromatic carbocycles. The lowest BCUT2D eigenvalue weighted by molar-refractivity contribution is -0.117. The third kappa shape index (κ3) is 0.596. The Morgan fingerprint density at radius 2 is 2.42 bits per heavy atom. The van der Waals surface area contributed by atoms with Gasteiger partial charge in [0.1, 0.15) is 6.29 Å². The van der Waals surface area contributed by atoms with E-state index in [1.54, 1.807) is 0 Å². The maximum absolute atomic E-state index is 11.1. The first-order chi connectivity index (χ1) is 5.86. The van der Waals surface area contributed by atoms with Gasteiger partial charge in [-0.15, -0.1) is 0 Å². The third-order valence-electron chi connectivity index (χ3n) is 4.34. The second-order valence-electron chi connectivity index (χ2n) is 4.71. The van der Waals surface area contributed by atoms with Crippen molar-refractivity contribution in [3.63, 3.8) is 0 Å². The molecule has 64 valence electrons. The molecule has 0 N–H and O–H groups in total. The van der Waals surface area contributed by atoms with E-state index in [1.165, 1.54) is 25.5 Å². The van der Waals surface area contributed by atoms with Crippen LogP contribution >= 0.6 is 0 Å². The molecular formula is C11H14O. The van der Waals surface area contributed by atoms with Crippen molar-refractivity contribution in [2.75, 3.05) is 0 Å². The highest BCUT2D eigenvalue weighted by Gasteiger charge is 2.57. The zero-order chi connectivity index (χ0) is 8.18. The summed E-state index contributed by atoms with van der Waals surface area (Å²) in [7, 11) is 0. The van der Waals surface area contributed by atoms with Crippen molar-refractivity contribution in [3.8, 4) is 0 Å². The molecule has 1 nitrogen and oxygen atoms in total. The van der Waals surface area contributed by atoms with Crippen LogP contribution < -0.4 is 0 Å². The first-order valence-corrected chi connectivity index (χ1v) is 4.99. The number of hydrogen-bond acceptors (Lipinski definition) is 1. The van der Waals surface area contributed by atoms with Gasteiger partial charge in [-0.1, -0.05) is 12.2 Å². The van der Waals surface area contributed by atoms with Crippen LogP contribution in [0.25, 0.3) is 0 Å². The second kappa shape index (κ2) is 2.01. The van der Waals surface area contributed by atoms with E-state index in [0.29, 0.717) is 5.92 Å². The summed E-state index contributed by atoms with van der Waals surface area (Å²) in [4.78, 5) is 11.1. The highest BCUT2D eigenvalue weighted by Crippen LogP contribution is 2.62. The summed E-state index contributed by atoms with van der Waals surface area (Å²) in [6, 6.07) is 0. The molecule has 0 amide bonds. The quantitative estimate of drug-likeness (QED) is 0.426. The lowest BCUT2D eigenvalue weighted by Crippen LogP contribution is -2.28. The fraction of sp³-hybridized carbons (Fsp3) is 0.727. The molecule has 12 heavy (non-hydrogen) atoms. The second-order valence-corrected chi connectivity index (χ2v) is 4.71. The van der Waals surface area contributed by atoms with Gasteiger partial charge in [0.05, 0.1) is 0 Å². The molecular weight excluding hydrogens is 148 g/mol. The number of allylic oxidation sites excluding steroid dienone is 2. The molecule has 2 fully saturated rings. The Bertz CT molecular complexity index is 256. The summed E-state index contributed by atoms with van der Waals surface area (Å²) in [5.41, 5.74) is 0.0856. The lowest BCUT2D eigenvalue weighted by atomic mass is 9.73. The maximum atomic E-state index is 11.1. The molecule has 0 saturated heterocycles. The van der Waals surface area contributed by atoms with Crippen molar-refractivity contribution in [3.05, 3.63) is 12.2 Å². The van der Waals surface area contributed by atoms with Crippen LogP contribution in [0.5, 0.6) is 0 Å². The number of rotatable bonds is 1. The minimum absolute atomic E-state index is 0.0856. The Kier molecular flexibility index (Phi) is 1.15. The summed E-state index contributed by atoms with van der Waals surface area (Å²) in [6.07, 6.45) is 10.7. The van der Waals surface area contributed by atoms with E-state index in [4.69, 9.17) is 0 Å². The van der Waals surface area contributed by atoms with Crippen LogP contribution in [0.3, 0.4) is 0 Å². The Labute approximate surface area is 72.8 Å². The van der Waals surface area contributed by atoms with E-state index in [1.807, 2.05) is 0 Å². The zero-order valence-electron chi connectivity index (χ0n) is 7.20. The van der Waals surface area contributed by atoms with E-state index in [-0.39, 0.29) is 5.41 Å². The first-order valence-electron chi connectivity index (χ1n) is 4.99. The topological polar surface area (TPSA) is 17.1 Å². The van der Waals surface area contributed by atoms with Crippen molar-refractivity contribution >= 4 is 6.29 Å². The van der Waals surface area contributed by atoms with Crippen molar-refractivity contribution in [2.45, 2.75) is 25.7 Å². The number of fused-ring (bicyclic) bond motifs is 5. The molecule has 2 saturated carbocycles. The fourth-order valence-corrected chi connectivity index (χ4v) is 3.78. The van der Waals surface area contributed by atoms with E-state index in [2.05, 4.69) is 12.2 Å². The monoisotopic (exact) mass is 162 g/mol. The highest BCUT2D eigenvalue weighted by molar-refractivity contribution is 5.63. The van der Waals surface area contributed by atoms with Crippen molar-refractivity contribution in [1.82, 2.24) is 0 Å². The summed E-state index contributed by atoms with van der Waals surface area (Å²) < 4.78 is 0. The fourth-order valence-electron chi connectivity index (χ4n) is 3.78. The van der Waals surface area contributed by atoms with Gasteiger partial charge < -0.3 is 4.79 Å². The summed E-state index contributed by atoms with van der Waals surface area (Å²) in [6.45, 7) is 0. The van der Waals surface area contributed by atoms with Crippen LogP contribution in [-0.4, -0.2) is 6.29 Å². The van der Waals surface area contributed by atoms with Gasteiger partial charge in [-0.3, -0.25) is 0 Å². The van der Waals surface area contributed by atoms with Gasteiger partial charge in [0.2, 0.25) is 0 Å². The maximum Gasteiger partial charge on any atom is 0.126 e. The van der Waals surface area contributed by atoms with Gasteiger partial charge in [-0.05, 0) is 43.4 Å². The van der Waals surface area contributed by atoms with E-state index in [0.717, 1.165) is 18.3 Å². The molecule has 3 aliphatic carbocycles. The number of hydrogen-bond donors (Lipinski definition) is 0. The van der Waals surface area contributed by atoms with Crippen LogP contribution in [0.2, 0.25) is 0 Å². The van der Waals surface area contributed by atoms with Crippen molar-refractivity contribution in [2.24, 2.45) is 23.2 Å². The SMILES string of the molecule is O=CC12CCC(C1)C1CC=CC12. The molecule has 1 heteroatoms. The normalized spacial score (nSPS) is 54.5. The van der Waals surface area contributed by atoms with Gasteiger partial charge in [0, 0.05) is 5.41 Å². The van der Waals surface area contributed by atoms with Gasteiger partial charge in [0.15, 0.2) is 0 Å². The first kappa shape index (κ1) is 6.88. The lowest BCUT2D eigenvalue weighted by Gasteiger charge is -2.30. The largest absolute Gasteiger partial charge is 0.303 e.